The highest BCUT2D eigenvalue weighted by molar-refractivity contribution is 6.30. The van der Waals surface area contributed by atoms with E-state index < -0.39 is 11.4 Å². The Morgan fingerprint density at radius 1 is 1.32 bits per heavy atom. The van der Waals surface area contributed by atoms with Crippen molar-refractivity contribution in [2.75, 3.05) is 20.1 Å². The molecule has 0 saturated carbocycles. The third kappa shape index (κ3) is 2.57. The van der Waals surface area contributed by atoms with Gasteiger partial charge in [-0.05, 0) is 30.5 Å². The Bertz CT molecular complexity index is 629. The molecule has 0 radical (unpaired) electrons. The lowest BCUT2D eigenvalue weighted by molar-refractivity contribution is -0.132. The highest BCUT2D eigenvalue weighted by atomic mass is 35.5. The maximum Gasteiger partial charge on any atom is 0.324 e. The van der Waals surface area contributed by atoms with Gasteiger partial charge in [-0.1, -0.05) is 17.7 Å². The van der Waals surface area contributed by atoms with Crippen molar-refractivity contribution in [3.63, 3.8) is 0 Å². The molecule has 3 amide bonds. The monoisotopic (exact) mass is 325 g/mol. The molecule has 1 aromatic rings. The van der Waals surface area contributed by atoms with Gasteiger partial charge in [0.05, 0.1) is 5.02 Å². The lowest BCUT2D eigenvalue weighted by Crippen LogP contribution is -2.54. The van der Waals surface area contributed by atoms with Crippen molar-refractivity contribution in [2.45, 2.75) is 24.9 Å². The Labute approximate surface area is 133 Å². The molecule has 118 valence electrons. The molecule has 2 fully saturated rings. The van der Waals surface area contributed by atoms with Gasteiger partial charge in [0.1, 0.15) is 11.4 Å². The molecule has 1 aromatic carbocycles. The SMILES string of the molecule is CN1C(=O)NC2(CCN(Cc3ccc(F)c(Cl)c3)CC2)C1=O. The van der Waals surface area contributed by atoms with Crippen LogP contribution in [0.4, 0.5) is 9.18 Å². The van der Waals surface area contributed by atoms with E-state index in [0.717, 1.165) is 10.5 Å². The number of halogens is 2. The molecule has 7 heteroatoms. The summed E-state index contributed by atoms with van der Waals surface area (Å²) in [5, 5.41) is 2.93. The predicted octanol–water partition coefficient (Wildman–Crippen LogP) is 2.00. The summed E-state index contributed by atoms with van der Waals surface area (Å²) < 4.78 is 13.2. The summed E-state index contributed by atoms with van der Waals surface area (Å²) in [5.41, 5.74) is 0.184. The minimum Gasteiger partial charge on any atom is -0.323 e. The molecule has 5 nitrogen and oxygen atoms in total. The molecule has 22 heavy (non-hydrogen) atoms. The summed E-state index contributed by atoms with van der Waals surface area (Å²) in [4.78, 5) is 27.2. The smallest absolute Gasteiger partial charge is 0.323 e. The average Bonchev–Trinajstić information content (AvgIpc) is 2.70. The highest BCUT2D eigenvalue weighted by Crippen LogP contribution is 2.29. The molecule has 3 rings (SSSR count). The van der Waals surface area contributed by atoms with E-state index in [1.54, 1.807) is 12.1 Å². The van der Waals surface area contributed by atoms with Crippen LogP contribution in [0.2, 0.25) is 5.02 Å². The van der Waals surface area contributed by atoms with Gasteiger partial charge < -0.3 is 5.32 Å². The first-order chi connectivity index (χ1) is 10.4. The number of nitrogens with one attached hydrogen (secondary N) is 1. The Morgan fingerprint density at radius 2 is 2.00 bits per heavy atom. The first kappa shape index (κ1) is 15.2. The Kier molecular flexibility index (Phi) is 3.82. The zero-order valence-electron chi connectivity index (χ0n) is 12.2. The summed E-state index contributed by atoms with van der Waals surface area (Å²) in [6.45, 7) is 2.03. The number of carbonyl (C=O) groups excluding carboxylic acids is 2. The van der Waals surface area contributed by atoms with Gasteiger partial charge in [0.15, 0.2) is 0 Å². The van der Waals surface area contributed by atoms with Gasteiger partial charge in [-0.25, -0.2) is 9.18 Å². The fourth-order valence-electron chi connectivity index (χ4n) is 3.08. The third-order valence-electron chi connectivity index (χ3n) is 4.46. The van der Waals surface area contributed by atoms with E-state index in [9.17, 15) is 14.0 Å². The van der Waals surface area contributed by atoms with Crippen molar-refractivity contribution < 1.29 is 14.0 Å². The van der Waals surface area contributed by atoms with Crippen LogP contribution in [-0.4, -0.2) is 47.4 Å². The van der Waals surface area contributed by atoms with Gasteiger partial charge in [0, 0.05) is 26.7 Å². The minimum atomic E-state index is -0.747. The second-order valence-electron chi connectivity index (χ2n) is 5.90. The predicted molar refractivity (Wildman–Crippen MR) is 80.0 cm³/mol. The van der Waals surface area contributed by atoms with Crippen LogP contribution in [0.25, 0.3) is 0 Å². The van der Waals surface area contributed by atoms with E-state index in [0.29, 0.717) is 32.5 Å². The van der Waals surface area contributed by atoms with Gasteiger partial charge in [-0.2, -0.15) is 0 Å². The molecule has 2 saturated heterocycles. The molecule has 0 atom stereocenters. The van der Waals surface area contributed by atoms with Gasteiger partial charge in [0.25, 0.3) is 5.91 Å². The summed E-state index contributed by atoms with van der Waals surface area (Å²) in [6.07, 6.45) is 1.16. The van der Waals surface area contributed by atoms with E-state index in [-0.39, 0.29) is 17.0 Å². The van der Waals surface area contributed by atoms with Crippen LogP contribution >= 0.6 is 11.6 Å². The van der Waals surface area contributed by atoms with E-state index in [1.165, 1.54) is 13.1 Å². The van der Waals surface area contributed by atoms with Crippen LogP contribution in [0.3, 0.4) is 0 Å². The molecule has 2 heterocycles. The largest absolute Gasteiger partial charge is 0.324 e. The number of hydrogen-bond donors (Lipinski definition) is 1. The fraction of sp³-hybridized carbons (Fsp3) is 0.467. The molecular formula is C15H17ClFN3O2. The number of hydrogen-bond acceptors (Lipinski definition) is 3. The number of amides is 3. The lowest BCUT2D eigenvalue weighted by Gasteiger charge is -2.37. The number of piperidine rings is 1. The zero-order valence-corrected chi connectivity index (χ0v) is 13.0. The average molecular weight is 326 g/mol. The van der Waals surface area contributed by atoms with Crippen molar-refractivity contribution in [3.05, 3.63) is 34.6 Å². The summed E-state index contributed by atoms with van der Waals surface area (Å²) in [6, 6.07) is 4.36. The van der Waals surface area contributed by atoms with E-state index in [2.05, 4.69) is 10.2 Å². The van der Waals surface area contributed by atoms with Crippen LogP contribution in [0.15, 0.2) is 18.2 Å². The van der Waals surface area contributed by atoms with Gasteiger partial charge in [0.2, 0.25) is 0 Å². The maximum atomic E-state index is 13.2. The van der Waals surface area contributed by atoms with Crippen molar-refractivity contribution in [3.8, 4) is 0 Å². The summed E-state index contributed by atoms with van der Waals surface area (Å²) >= 11 is 5.79. The standard InChI is InChI=1S/C15H17ClFN3O2/c1-19-13(21)15(18-14(19)22)4-6-20(7-5-15)9-10-2-3-12(17)11(16)8-10/h2-3,8H,4-7,9H2,1H3,(H,18,22). The van der Waals surface area contributed by atoms with Crippen LogP contribution in [-0.2, 0) is 11.3 Å². The van der Waals surface area contributed by atoms with Crippen LogP contribution in [0, 0.1) is 5.82 Å². The van der Waals surface area contributed by atoms with Crippen molar-refractivity contribution in [1.29, 1.82) is 0 Å². The second-order valence-corrected chi connectivity index (χ2v) is 6.31. The van der Waals surface area contributed by atoms with Crippen LogP contribution < -0.4 is 5.32 Å². The minimum absolute atomic E-state index is 0.117. The summed E-state index contributed by atoms with van der Waals surface area (Å²) in [5.74, 6) is -0.577. The maximum absolute atomic E-state index is 13.2. The van der Waals surface area contributed by atoms with Crippen molar-refractivity contribution in [1.82, 2.24) is 15.1 Å². The van der Waals surface area contributed by atoms with Crippen molar-refractivity contribution in [2.24, 2.45) is 0 Å². The van der Waals surface area contributed by atoms with Crippen molar-refractivity contribution >= 4 is 23.5 Å². The third-order valence-corrected chi connectivity index (χ3v) is 4.75. The number of urea groups is 1. The zero-order chi connectivity index (χ0) is 15.9. The quantitative estimate of drug-likeness (QED) is 0.846. The van der Waals surface area contributed by atoms with Gasteiger partial charge in [-0.3, -0.25) is 14.6 Å². The Balaban J connectivity index is 1.64. The van der Waals surface area contributed by atoms with Gasteiger partial charge in [-0.15, -0.1) is 0 Å². The van der Waals surface area contributed by atoms with E-state index in [1.807, 2.05) is 0 Å². The molecule has 1 spiro atoms. The second kappa shape index (κ2) is 5.52. The van der Waals surface area contributed by atoms with E-state index >= 15 is 0 Å². The molecular weight excluding hydrogens is 309 g/mol. The number of rotatable bonds is 2. The molecule has 2 aliphatic heterocycles. The van der Waals surface area contributed by atoms with E-state index in [4.69, 9.17) is 11.6 Å². The normalized spacial score (nSPS) is 21.5. The molecule has 0 bridgehead atoms. The molecule has 0 aliphatic carbocycles. The topological polar surface area (TPSA) is 52.7 Å². The first-order valence-corrected chi connectivity index (χ1v) is 7.56. The van der Waals surface area contributed by atoms with Gasteiger partial charge >= 0.3 is 6.03 Å². The number of imide groups is 1. The fourth-order valence-corrected chi connectivity index (χ4v) is 3.29. The number of carbonyl (C=O) groups is 2. The Hall–Kier alpha value is -1.66. The first-order valence-electron chi connectivity index (χ1n) is 7.18. The lowest BCUT2D eigenvalue weighted by atomic mass is 9.87. The molecule has 0 unspecified atom stereocenters. The van der Waals surface area contributed by atoms with Crippen LogP contribution in [0.1, 0.15) is 18.4 Å². The molecule has 2 aliphatic rings. The number of likely N-dealkylation sites (N-methyl/N-ethyl adjacent to an activating group) is 1. The van der Waals surface area contributed by atoms with Crippen LogP contribution in [0.5, 0.6) is 0 Å². The number of benzene rings is 1. The Morgan fingerprint density at radius 3 is 2.55 bits per heavy atom. The number of likely N-dealkylation sites (tertiary alicyclic amines) is 1. The summed E-state index contributed by atoms with van der Waals surface area (Å²) in [7, 11) is 1.50. The molecule has 1 N–H and O–H groups in total. The number of nitrogens with zero attached hydrogens (tertiary/aromatic N) is 2. The highest BCUT2D eigenvalue weighted by Gasteiger charge is 2.50. The molecule has 0 aromatic heterocycles.